The summed E-state index contributed by atoms with van der Waals surface area (Å²) in [7, 11) is 0. The number of benzene rings is 1. The molecule has 0 saturated carbocycles. The van der Waals surface area contributed by atoms with Crippen molar-refractivity contribution in [2.45, 2.75) is 23.4 Å². The summed E-state index contributed by atoms with van der Waals surface area (Å²) < 4.78 is 50.9. The maximum absolute atomic E-state index is 13.6. The maximum atomic E-state index is 13.6. The normalized spacial score (nSPS) is 12.6. The topological polar surface area (TPSA) is 78.3 Å². The van der Waals surface area contributed by atoms with E-state index < -0.39 is 28.6 Å². The van der Waals surface area contributed by atoms with Crippen molar-refractivity contribution in [2.75, 3.05) is 12.3 Å². The summed E-state index contributed by atoms with van der Waals surface area (Å²) in [6.07, 6.45) is -3.37. The van der Waals surface area contributed by atoms with Gasteiger partial charge in [-0.2, -0.15) is 13.2 Å². The summed E-state index contributed by atoms with van der Waals surface area (Å²) in [4.78, 5) is 16.7. The van der Waals surface area contributed by atoms with E-state index in [1.807, 2.05) is 0 Å². The monoisotopic (exact) mass is 422 g/mol. The summed E-state index contributed by atoms with van der Waals surface area (Å²) in [6.45, 7) is 1.78. The van der Waals surface area contributed by atoms with E-state index in [2.05, 4.69) is 4.98 Å². The van der Waals surface area contributed by atoms with Crippen LogP contribution in [0.4, 0.5) is 18.9 Å². The molecule has 3 aromatic rings. The van der Waals surface area contributed by atoms with Crippen molar-refractivity contribution in [2.24, 2.45) is 0 Å². The Kier molecular flexibility index (Phi) is 6.17. The third-order valence-corrected chi connectivity index (χ3v) is 5.17. The lowest BCUT2D eigenvalue weighted by molar-refractivity contribution is -0.142. The van der Waals surface area contributed by atoms with Gasteiger partial charge in [0.15, 0.2) is 5.76 Å². The molecule has 29 heavy (non-hydrogen) atoms. The zero-order valence-electron chi connectivity index (χ0n) is 15.3. The molecule has 0 aliphatic carbocycles. The SMILES string of the molecule is CCOC(=O)C(Sc1nc(-c2ccco2)cc(C(F)(F)F)c1N)c1ccccc1. The highest BCUT2D eigenvalue weighted by Gasteiger charge is 2.36. The summed E-state index contributed by atoms with van der Waals surface area (Å²) >= 11 is 0.806. The molecule has 152 valence electrons. The number of thioether (sulfide) groups is 1. The number of carbonyl (C=O) groups is 1. The second-order valence-corrected chi connectivity index (χ2v) is 7.00. The van der Waals surface area contributed by atoms with Gasteiger partial charge in [-0.1, -0.05) is 42.1 Å². The number of nitrogens with two attached hydrogens (primary N) is 1. The molecule has 0 bridgehead atoms. The molecule has 0 fully saturated rings. The first-order chi connectivity index (χ1) is 13.8. The first kappa shape index (κ1) is 20.8. The van der Waals surface area contributed by atoms with Gasteiger partial charge in [-0.25, -0.2) is 4.98 Å². The first-order valence-corrected chi connectivity index (χ1v) is 9.49. The van der Waals surface area contributed by atoms with Crippen LogP contribution in [-0.4, -0.2) is 17.6 Å². The molecule has 0 radical (unpaired) electrons. The van der Waals surface area contributed by atoms with Gasteiger partial charge in [0.1, 0.15) is 16.0 Å². The summed E-state index contributed by atoms with van der Waals surface area (Å²) in [6, 6.07) is 12.4. The van der Waals surface area contributed by atoms with E-state index in [4.69, 9.17) is 14.9 Å². The smallest absolute Gasteiger partial charge is 0.418 e. The van der Waals surface area contributed by atoms with Gasteiger partial charge in [0.25, 0.3) is 0 Å². The van der Waals surface area contributed by atoms with Gasteiger partial charge < -0.3 is 14.9 Å². The van der Waals surface area contributed by atoms with Crippen molar-refractivity contribution in [1.82, 2.24) is 4.98 Å². The minimum absolute atomic E-state index is 0.0327. The molecule has 1 unspecified atom stereocenters. The standard InChI is InChI=1S/C20H17F3N2O3S/c1-2-27-19(26)17(12-7-4-3-5-8-12)29-18-16(24)13(20(21,22)23)11-14(25-18)15-9-6-10-28-15/h3-11,17H,2,24H2,1H3. The van der Waals surface area contributed by atoms with Crippen molar-refractivity contribution in [3.8, 4) is 11.5 Å². The Hall–Kier alpha value is -2.94. The van der Waals surface area contributed by atoms with Crippen LogP contribution in [-0.2, 0) is 15.7 Å². The third kappa shape index (κ3) is 4.73. The van der Waals surface area contributed by atoms with E-state index in [-0.39, 0.29) is 23.1 Å². The number of esters is 1. The number of ether oxygens (including phenoxy) is 1. The third-order valence-electron chi connectivity index (χ3n) is 3.94. The number of hydrogen-bond donors (Lipinski definition) is 1. The molecule has 1 aromatic carbocycles. The molecular weight excluding hydrogens is 405 g/mol. The Labute approximate surface area is 169 Å². The molecule has 0 amide bonds. The number of carbonyl (C=O) groups excluding carboxylic acids is 1. The van der Waals surface area contributed by atoms with Crippen LogP contribution < -0.4 is 5.73 Å². The Bertz CT molecular complexity index is 977. The number of alkyl halides is 3. The minimum atomic E-state index is -4.70. The predicted octanol–water partition coefficient (Wildman–Crippen LogP) is 5.34. The largest absolute Gasteiger partial charge is 0.465 e. The number of aromatic nitrogens is 1. The molecule has 1 atom stereocenters. The summed E-state index contributed by atoms with van der Waals surface area (Å²) in [5.41, 5.74) is 4.74. The lowest BCUT2D eigenvalue weighted by atomic mass is 10.1. The lowest BCUT2D eigenvalue weighted by Crippen LogP contribution is -2.15. The van der Waals surface area contributed by atoms with E-state index in [9.17, 15) is 18.0 Å². The van der Waals surface area contributed by atoms with E-state index in [0.717, 1.165) is 17.8 Å². The fourth-order valence-electron chi connectivity index (χ4n) is 2.62. The Balaban J connectivity index is 2.10. The van der Waals surface area contributed by atoms with Crippen LogP contribution in [0.5, 0.6) is 0 Å². The van der Waals surface area contributed by atoms with Gasteiger partial charge in [-0.15, -0.1) is 0 Å². The zero-order valence-corrected chi connectivity index (χ0v) is 16.1. The van der Waals surface area contributed by atoms with E-state index in [1.165, 1.54) is 12.3 Å². The van der Waals surface area contributed by atoms with Crippen molar-refractivity contribution < 1.29 is 27.1 Å². The predicted molar refractivity (Wildman–Crippen MR) is 103 cm³/mol. The number of nitrogens with zero attached hydrogens (tertiary/aromatic N) is 1. The van der Waals surface area contributed by atoms with Crippen LogP contribution in [0.25, 0.3) is 11.5 Å². The van der Waals surface area contributed by atoms with E-state index in [1.54, 1.807) is 43.3 Å². The van der Waals surface area contributed by atoms with Gasteiger partial charge in [-0.3, -0.25) is 4.79 Å². The number of anilines is 1. The number of furan rings is 1. The van der Waals surface area contributed by atoms with Gasteiger partial charge in [0.05, 0.1) is 24.1 Å². The summed E-state index contributed by atoms with van der Waals surface area (Å²) in [5, 5.41) is -1.06. The Morgan fingerprint density at radius 2 is 1.97 bits per heavy atom. The van der Waals surface area contributed by atoms with Crippen LogP contribution in [0.15, 0.2) is 64.2 Å². The number of pyridine rings is 1. The van der Waals surface area contributed by atoms with Gasteiger partial charge in [0.2, 0.25) is 0 Å². The fraction of sp³-hybridized carbons (Fsp3) is 0.200. The Morgan fingerprint density at radius 1 is 1.24 bits per heavy atom. The highest BCUT2D eigenvalue weighted by Crippen LogP contribution is 2.44. The highest BCUT2D eigenvalue weighted by atomic mass is 32.2. The number of nitrogen functional groups attached to an aromatic ring is 1. The Morgan fingerprint density at radius 3 is 2.55 bits per heavy atom. The van der Waals surface area contributed by atoms with Crippen molar-refractivity contribution in [3.63, 3.8) is 0 Å². The van der Waals surface area contributed by atoms with Crippen LogP contribution >= 0.6 is 11.8 Å². The minimum Gasteiger partial charge on any atom is -0.465 e. The zero-order chi connectivity index (χ0) is 21.0. The number of halogens is 3. The van der Waals surface area contributed by atoms with Crippen LogP contribution in [0.1, 0.15) is 23.3 Å². The first-order valence-electron chi connectivity index (χ1n) is 8.61. The molecule has 3 rings (SSSR count). The molecule has 5 nitrogen and oxygen atoms in total. The summed E-state index contributed by atoms with van der Waals surface area (Å²) in [5.74, 6) is -0.438. The average Bonchev–Trinajstić information content (AvgIpc) is 3.22. The molecular formula is C20H17F3N2O3S. The van der Waals surface area contributed by atoms with E-state index in [0.29, 0.717) is 5.56 Å². The number of hydrogen-bond acceptors (Lipinski definition) is 6. The average molecular weight is 422 g/mol. The molecule has 0 aliphatic rings. The highest BCUT2D eigenvalue weighted by molar-refractivity contribution is 8.00. The molecule has 0 spiro atoms. The molecule has 2 N–H and O–H groups in total. The second kappa shape index (κ2) is 8.60. The van der Waals surface area contributed by atoms with Gasteiger partial charge in [0, 0.05) is 0 Å². The van der Waals surface area contributed by atoms with Crippen LogP contribution in [0.2, 0.25) is 0 Å². The molecule has 0 aliphatic heterocycles. The molecule has 0 saturated heterocycles. The second-order valence-electron chi connectivity index (χ2n) is 5.91. The van der Waals surface area contributed by atoms with Crippen LogP contribution in [0.3, 0.4) is 0 Å². The quantitative estimate of drug-likeness (QED) is 0.427. The van der Waals surface area contributed by atoms with Crippen molar-refractivity contribution >= 4 is 23.4 Å². The molecule has 2 aromatic heterocycles. The van der Waals surface area contributed by atoms with Crippen molar-refractivity contribution in [3.05, 3.63) is 65.9 Å². The van der Waals surface area contributed by atoms with Crippen molar-refractivity contribution in [1.29, 1.82) is 0 Å². The number of rotatable bonds is 6. The fourth-order valence-corrected chi connectivity index (χ4v) is 3.68. The van der Waals surface area contributed by atoms with Gasteiger partial charge >= 0.3 is 12.1 Å². The van der Waals surface area contributed by atoms with Gasteiger partial charge in [-0.05, 0) is 30.7 Å². The van der Waals surface area contributed by atoms with E-state index >= 15 is 0 Å². The maximum Gasteiger partial charge on any atom is 0.418 e. The molecule has 2 heterocycles. The lowest BCUT2D eigenvalue weighted by Gasteiger charge is -2.19. The van der Waals surface area contributed by atoms with Crippen LogP contribution in [0, 0.1) is 0 Å². The molecule has 9 heteroatoms.